The first-order valence-corrected chi connectivity index (χ1v) is 6.99. The van der Waals surface area contributed by atoms with Crippen molar-refractivity contribution in [1.29, 1.82) is 0 Å². The smallest absolute Gasteiger partial charge is 0.335 e. The Hall–Kier alpha value is -0.690. The van der Waals surface area contributed by atoms with Crippen LogP contribution in [0.5, 0.6) is 5.75 Å². The summed E-state index contributed by atoms with van der Waals surface area (Å²) in [6.07, 6.45) is 1.10. The van der Waals surface area contributed by atoms with E-state index in [2.05, 4.69) is 57.1 Å². The molecule has 6 heteroatoms. The average Bonchev–Trinajstić information content (AvgIpc) is 2.42. The Morgan fingerprint density at radius 3 is 2.32 bits per heavy atom. The first-order chi connectivity index (χ1) is 8.97. The lowest BCUT2D eigenvalue weighted by Gasteiger charge is -2.14. The molecule has 0 unspecified atom stereocenters. The van der Waals surface area contributed by atoms with E-state index in [-0.39, 0.29) is 0 Å². The van der Waals surface area contributed by atoms with Crippen LogP contribution in [-0.4, -0.2) is 5.97 Å². The normalized spacial score (nSPS) is 10.5. The molecule has 0 saturated carbocycles. The molecule has 2 aromatic carbocycles. The van der Waals surface area contributed by atoms with Gasteiger partial charge in [0.15, 0.2) is 0 Å². The second kappa shape index (κ2) is 5.75. The van der Waals surface area contributed by atoms with E-state index < -0.39 is 5.97 Å². The van der Waals surface area contributed by atoms with Gasteiger partial charge in [-0.1, -0.05) is 18.7 Å². The highest BCUT2D eigenvalue weighted by atomic mass is 32.1. The maximum absolute atomic E-state index is 11.4. The molecule has 0 spiro atoms. The number of ether oxygens (including phenoxy) is 1. The number of benzene rings is 2. The zero-order chi connectivity index (χ0) is 14.2. The van der Waals surface area contributed by atoms with E-state index in [1.807, 2.05) is 6.07 Å². The van der Waals surface area contributed by atoms with Gasteiger partial charge in [0, 0.05) is 36.4 Å². The van der Waals surface area contributed by atoms with Gasteiger partial charge in [0.05, 0.1) is 0 Å². The van der Waals surface area contributed by atoms with Gasteiger partial charge in [-0.2, -0.15) is 0 Å². The van der Waals surface area contributed by atoms with Gasteiger partial charge in [-0.25, -0.2) is 4.79 Å². The zero-order valence-electron chi connectivity index (χ0n) is 9.62. The van der Waals surface area contributed by atoms with Crippen molar-refractivity contribution in [1.82, 2.24) is 0 Å². The maximum atomic E-state index is 11.4. The van der Waals surface area contributed by atoms with Crippen molar-refractivity contribution in [2.45, 2.75) is 19.6 Å². The molecule has 2 nitrogen and oxygen atoms in total. The molecular weight excluding hydrogens is 316 g/mol. The van der Waals surface area contributed by atoms with Crippen LogP contribution in [0.2, 0.25) is 0 Å². The topological polar surface area (TPSA) is 26.3 Å². The average molecular weight is 326 g/mol. The van der Waals surface area contributed by atoms with Crippen molar-refractivity contribution in [2.75, 3.05) is 0 Å². The minimum atomic E-state index is -0.531. The molecule has 0 aromatic heterocycles. The van der Waals surface area contributed by atoms with Gasteiger partial charge in [0.2, 0.25) is 0 Å². The van der Waals surface area contributed by atoms with Gasteiger partial charge in [-0.15, -0.1) is 50.5 Å². The van der Waals surface area contributed by atoms with Gasteiger partial charge in [-0.05, 0) is 6.07 Å². The van der Waals surface area contributed by atoms with Gasteiger partial charge >= 0.3 is 5.97 Å². The lowest BCUT2D eigenvalue weighted by Crippen LogP contribution is -2.04. The van der Waals surface area contributed by atoms with Crippen molar-refractivity contribution in [3.8, 4) is 5.75 Å². The van der Waals surface area contributed by atoms with Crippen molar-refractivity contribution in [3.05, 3.63) is 30.9 Å². The van der Waals surface area contributed by atoms with Crippen molar-refractivity contribution in [2.24, 2.45) is 0 Å². The summed E-state index contributed by atoms with van der Waals surface area (Å²) in [5, 5.41) is 1.47. The van der Waals surface area contributed by atoms with Gasteiger partial charge in [0.1, 0.15) is 5.75 Å². The van der Waals surface area contributed by atoms with Crippen LogP contribution in [-0.2, 0) is 4.79 Å². The zero-order valence-corrected chi connectivity index (χ0v) is 13.2. The highest BCUT2D eigenvalue weighted by Crippen LogP contribution is 2.42. The van der Waals surface area contributed by atoms with E-state index in [0.29, 0.717) is 30.7 Å². The predicted molar refractivity (Wildman–Crippen MR) is 88.8 cm³/mol. The Morgan fingerprint density at radius 2 is 1.68 bits per heavy atom. The molecule has 0 atom stereocenters. The summed E-state index contributed by atoms with van der Waals surface area (Å²) in [6, 6.07) is 5.31. The number of hydrogen-bond acceptors (Lipinski definition) is 6. The summed E-state index contributed by atoms with van der Waals surface area (Å²) in [4.78, 5) is 13.8. The Morgan fingerprint density at radius 1 is 1.05 bits per heavy atom. The van der Waals surface area contributed by atoms with E-state index in [0.717, 1.165) is 11.5 Å². The minimum absolute atomic E-state index is 0.395. The van der Waals surface area contributed by atoms with E-state index >= 15 is 0 Å². The van der Waals surface area contributed by atoms with Crippen molar-refractivity contribution < 1.29 is 9.53 Å². The van der Waals surface area contributed by atoms with Crippen LogP contribution in [0, 0.1) is 0 Å². The molecule has 0 heterocycles. The summed E-state index contributed by atoms with van der Waals surface area (Å²) in [7, 11) is 0. The van der Waals surface area contributed by atoms with Crippen LogP contribution in [0.1, 0.15) is 0 Å². The third-order valence-corrected chi connectivity index (χ3v) is 4.90. The van der Waals surface area contributed by atoms with E-state index in [9.17, 15) is 4.79 Å². The first-order valence-electron chi connectivity index (χ1n) is 5.20. The molecule has 0 saturated heterocycles. The van der Waals surface area contributed by atoms with Crippen molar-refractivity contribution in [3.63, 3.8) is 0 Å². The third kappa shape index (κ3) is 2.63. The molecule has 0 aliphatic carbocycles. The van der Waals surface area contributed by atoms with Gasteiger partial charge in [0.25, 0.3) is 0 Å². The Balaban J connectivity index is 2.81. The van der Waals surface area contributed by atoms with E-state index in [1.54, 1.807) is 12.1 Å². The Labute approximate surface area is 132 Å². The Kier molecular flexibility index (Phi) is 4.45. The second-order valence-electron chi connectivity index (χ2n) is 3.70. The molecule has 2 aromatic rings. The maximum Gasteiger partial charge on any atom is 0.335 e. The number of carbonyl (C=O) groups excluding carboxylic acids is 1. The fourth-order valence-electron chi connectivity index (χ4n) is 1.68. The first kappa shape index (κ1) is 14.7. The largest absolute Gasteiger partial charge is 0.423 e. The van der Waals surface area contributed by atoms with E-state index in [4.69, 9.17) is 4.74 Å². The van der Waals surface area contributed by atoms with Crippen LogP contribution in [0.3, 0.4) is 0 Å². The van der Waals surface area contributed by atoms with E-state index in [1.165, 1.54) is 0 Å². The molecule has 0 aliphatic rings. The van der Waals surface area contributed by atoms with Gasteiger partial charge < -0.3 is 4.74 Å². The fraction of sp³-hybridized carbons (Fsp3) is 0. The fourth-order valence-corrected chi connectivity index (χ4v) is 2.95. The lowest BCUT2D eigenvalue weighted by atomic mass is 10.1. The van der Waals surface area contributed by atoms with Crippen LogP contribution < -0.4 is 4.74 Å². The number of thiol groups is 4. The summed E-state index contributed by atoms with van der Waals surface area (Å²) in [5.74, 6) is -0.136. The minimum Gasteiger partial charge on any atom is -0.423 e. The SMILES string of the molecule is C=CC(=O)Oc1cccc2c(S)c(S)c(S)c(S)c12. The highest BCUT2D eigenvalue weighted by molar-refractivity contribution is 7.86. The molecule has 0 radical (unpaired) electrons. The molecule has 98 valence electrons. The summed E-state index contributed by atoms with van der Waals surface area (Å²) in [6.45, 7) is 3.37. The molecule has 0 fully saturated rings. The number of esters is 1. The lowest BCUT2D eigenvalue weighted by molar-refractivity contribution is -0.128. The second-order valence-corrected chi connectivity index (χ2v) is 5.49. The molecule has 0 N–H and O–H groups in total. The molecule has 0 bridgehead atoms. The third-order valence-electron chi connectivity index (χ3n) is 2.57. The predicted octanol–water partition coefficient (Wildman–Crippen LogP) is 4.09. The Bertz CT molecular complexity index is 695. The molecule has 0 amide bonds. The molecule has 0 aliphatic heterocycles. The number of carbonyl (C=O) groups is 1. The summed E-state index contributed by atoms with van der Waals surface area (Å²) >= 11 is 17.6. The highest BCUT2D eigenvalue weighted by Gasteiger charge is 2.16. The van der Waals surface area contributed by atoms with Crippen LogP contribution in [0.15, 0.2) is 50.4 Å². The molecule has 19 heavy (non-hydrogen) atoms. The molecular formula is C13H10O2S4. The van der Waals surface area contributed by atoms with Crippen LogP contribution >= 0.6 is 50.5 Å². The molecule has 2 rings (SSSR count). The van der Waals surface area contributed by atoms with Crippen LogP contribution in [0.4, 0.5) is 0 Å². The van der Waals surface area contributed by atoms with Gasteiger partial charge in [-0.3, -0.25) is 0 Å². The number of fused-ring (bicyclic) bond motifs is 1. The monoisotopic (exact) mass is 326 g/mol. The summed E-state index contributed by atoms with van der Waals surface area (Å²) in [5.41, 5.74) is 0. The standard InChI is InChI=1S/C13H10O2S4/c1-2-8(14)15-7-5-3-4-6-9(7)11(17)13(19)12(18)10(6)16/h2-5,16-19H,1H2. The van der Waals surface area contributed by atoms with Crippen LogP contribution in [0.25, 0.3) is 10.8 Å². The van der Waals surface area contributed by atoms with Crippen molar-refractivity contribution >= 4 is 67.3 Å². The number of hydrogen-bond donors (Lipinski definition) is 4. The quantitative estimate of drug-likeness (QED) is 0.289. The number of rotatable bonds is 2. The summed E-state index contributed by atoms with van der Waals surface area (Å²) < 4.78 is 5.21.